The van der Waals surface area contributed by atoms with E-state index in [-0.39, 0.29) is 11.1 Å². The lowest BCUT2D eigenvalue weighted by Gasteiger charge is -2.12. The van der Waals surface area contributed by atoms with Crippen molar-refractivity contribution in [3.63, 3.8) is 0 Å². The van der Waals surface area contributed by atoms with Gasteiger partial charge in [-0.2, -0.15) is 0 Å². The van der Waals surface area contributed by atoms with E-state index in [1.54, 1.807) is 12.1 Å². The molecule has 0 unspecified atom stereocenters. The summed E-state index contributed by atoms with van der Waals surface area (Å²) in [5, 5.41) is 0.751. The molecule has 140 valence electrons. The Labute approximate surface area is 167 Å². The zero-order valence-electron chi connectivity index (χ0n) is 13.6. The minimum Gasteiger partial charge on any atom is -0.490 e. The topological polar surface area (TPSA) is 44.8 Å². The van der Waals surface area contributed by atoms with Gasteiger partial charge in [0.2, 0.25) is 0 Å². The third-order valence-corrected chi connectivity index (χ3v) is 3.89. The highest BCUT2D eigenvalue weighted by Crippen LogP contribution is 2.37. The summed E-state index contributed by atoms with van der Waals surface area (Å²) in [4.78, 5) is 10.1. The SMILES string of the molecule is O=CCCOCCCCCOc1c(Cl)cc(OCC=C(Cl)Cl)cc1Cl. The van der Waals surface area contributed by atoms with E-state index in [9.17, 15) is 4.79 Å². The number of unbranched alkanes of at least 4 members (excludes halogenated alkanes) is 2. The minimum absolute atomic E-state index is 0.131. The number of carbonyl (C=O) groups excluding carboxylic acids is 1. The molecule has 0 aliphatic rings. The van der Waals surface area contributed by atoms with E-state index in [4.69, 9.17) is 60.6 Å². The van der Waals surface area contributed by atoms with E-state index in [2.05, 4.69) is 0 Å². The van der Waals surface area contributed by atoms with Crippen molar-refractivity contribution >= 4 is 52.7 Å². The van der Waals surface area contributed by atoms with Gasteiger partial charge in [0.15, 0.2) is 5.75 Å². The second-order valence-corrected chi connectivity index (χ2v) is 6.82. The van der Waals surface area contributed by atoms with Crippen LogP contribution in [0.4, 0.5) is 0 Å². The average Bonchev–Trinajstić information content (AvgIpc) is 2.55. The number of aldehydes is 1. The van der Waals surface area contributed by atoms with Gasteiger partial charge < -0.3 is 19.0 Å². The van der Waals surface area contributed by atoms with Crippen molar-refractivity contribution in [1.82, 2.24) is 0 Å². The van der Waals surface area contributed by atoms with Crippen molar-refractivity contribution < 1.29 is 19.0 Å². The molecule has 1 aromatic rings. The van der Waals surface area contributed by atoms with Crippen LogP contribution in [0, 0.1) is 0 Å². The minimum atomic E-state index is 0.131. The standard InChI is InChI=1S/C17H20Cl4O4/c18-14-11-13(24-10-5-16(20)21)12-15(19)17(14)25-9-3-1-2-7-23-8-4-6-22/h5-6,11-12H,1-4,7-10H2. The van der Waals surface area contributed by atoms with Crippen LogP contribution in [0.5, 0.6) is 11.5 Å². The Morgan fingerprint density at radius 2 is 1.64 bits per heavy atom. The number of rotatable bonds is 13. The van der Waals surface area contributed by atoms with E-state index < -0.39 is 0 Å². The number of carbonyl (C=O) groups is 1. The molecular weight excluding hydrogens is 410 g/mol. The number of benzene rings is 1. The second-order valence-electron chi connectivity index (χ2n) is 5.00. The van der Waals surface area contributed by atoms with Crippen molar-refractivity contribution in [3.05, 3.63) is 32.7 Å². The fraction of sp³-hybridized carbons (Fsp3) is 0.471. The Balaban J connectivity index is 2.31. The number of ether oxygens (including phenoxy) is 3. The fourth-order valence-electron chi connectivity index (χ4n) is 1.85. The highest BCUT2D eigenvalue weighted by molar-refractivity contribution is 6.55. The highest BCUT2D eigenvalue weighted by atomic mass is 35.5. The molecule has 0 spiro atoms. The molecule has 0 atom stereocenters. The Morgan fingerprint density at radius 1 is 0.960 bits per heavy atom. The lowest BCUT2D eigenvalue weighted by molar-refractivity contribution is -0.108. The van der Waals surface area contributed by atoms with E-state index >= 15 is 0 Å². The van der Waals surface area contributed by atoms with E-state index in [1.165, 1.54) is 6.08 Å². The molecule has 0 bridgehead atoms. The quantitative estimate of drug-likeness (QED) is 0.291. The Bertz CT molecular complexity index is 537. The predicted molar refractivity (Wildman–Crippen MR) is 103 cm³/mol. The van der Waals surface area contributed by atoms with Crippen molar-refractivity contribution in [1.29, 1.82) is 0 Å². The zero-order chi connectivity index (χ0) is 18.5. The second kappa shape index (κ2) is 13.5. The number of hydrogen-bond acceptors (Lipinski definition) is 4. The van der Waals surface area contributed by atoms with Gasteiger partial charge in [-0.15, -0.1) is 0 Å². The van der Waals surface area contributed by atoms with Crippen LogP contribution in [0.15, 0.2) is 22.7 Å². The maximum Gasteiger partial charge on any atom is 0.156 e. The smallest absolute Gasteiger partial charge is 0.156 e. The van der Waals surface area contributed by atoms with Crippen LogP contribution in [0.3, 0.4) is 0 Å². The van der Waals surface area contributed by atoms with Gasteiger partial charge >= 0.3 is 0 Å². The van der Waals surface area contributed by atoms with E-state index in [1.807, 2.05) is 0 Å². The molecule has 8 heteroatoms. The molecule has 0 aliphatic heterocycles. The molecule has 0 saturated carbocycles. The molecule has 0 aromatic heterocycles. The van der Waals surface area contributed by atoms with Crippen molar-refractivity contribution in [2.45, 2.75) is 25.7 Å². The fourth-order valence-corrected chi connectivity index (χ4v) is 2.55. The van der Waals surface area contributed by atoms with Gasteiger partial charge in [0.25, 0.3) is 0 Å². The largest absolute Gasteiger partial charge is 0.490 e. The Kier molecular flexibility index (Phi) is 12.1. The first-order chi connectivity index (χ1) is 12.0. The maximum absolute atomic E-state index is 10.1. The molecule has 0 radical (unpaired) electrons. The first kappa shape index (κ1) is 22.4. The van der Waals surface area contributed by atoms with E-state index in [0.717, 1.165) is 25.5 Å². The first-order valence-corrected chi connectivity index (χ1v) is 9.33. The summed E-state index contributed by atoms with van der Waals surface area (Å²) >= 11 is 23.4. The van der Waals surface area contributed by atoms with Crippen molar-refractivity contribution in [2.24, 2.45) is 0 Å². The van der Waals surface area contributed by atoms with Crippen molar-refractivity contribution in [2.75, 3.05) is 26.4 Å². The lowest BCUT2D eigenvalue weighted by Crippen LogP contribution is -2.02. The van der Waals surface area contributed by atoms with Gasteiger partial charge in [0.05, 0.1) is 23.3 Å². The average molecular weight is 430 g/mol. The predicted octanol–water partition coefficient (Wildman–Crippen LogP) is 5.85. The molecule has 4 nitrogen and oxygen atoms in total. The van der Waals surface area contributed by atoms with Gasteiger partial charge in [-0.3, -0.25) is 0 Å². The van der Waals surface area contributed by atoms with Crippen LogP contribution in [-0.4, -0.2) is 32.7 Å². The molecule has 1 aromatic carbocycles. The van der Waals surface area contributed by atoms with Gasteiger partial charge in [-0.05, 0) is 25.3 Å². The summed E-state index contributed by atoms with van der Waals surface area (Å²) in [6.45, 7) is 1.83. The van der Waals surface area contributed by atoms with Crippen LogP contribution >= 0.6 is 46.4 Å². The normalized spacial score (nSPS) is 10.4. The molecule has 0 amide bonds. The highest BCUT2D eigenvalue weighted by Gasteiger charge is 2.10. The van der Waals surface area contributed by atoms with Crippen LogP contribution in [-0.2, 0) is 9.53 Å². The maximum atomic E-state index is 10.1. The summed E-state index contributed by atoms with van der Waals surface area (Å²) in [7, 11) is 0. The number of halogens is 4. The molecule has 0 heterocycles. The third-order valence-electron chi connectivity index (χ3n) is 3.02. The Hall–Kier alpha value is -0.650. The molecule has 0 aliphatic carbocycles. The summed E-state index contributed by atoms with van der Waals surface area (Å²) in [5.74, 6) is 0.935. The molecule has 1 rings (SSSR count). The molecule has 25 heavy (non-hydrogen) atoms. The first-order valence-electron chi connectivity index (χ1n) is 7.81. The lowest BCUT2D eigenvalue weighted by atomic mass is 10.2. The van der Waals surface area contributed by atoms with Gasteiger partial charge in [0, 0.05) is 25.2 Å². The summed E-state index contributed by atoms with van der Waals surface area (Å²) in [5.41, 5.74) is 0. The molecule has 0 saturated heterocycles. The van der Waals surface area contributed by atoms with Crippen LogP contribution < -0.4 is 9.47 Å². The summed E-state index contributed by atoms with van der Waals surface area (Å²) < 4.78 is 16.5. The zero-order valence-corrected chi connectivity index (χ0v) is 16.6. The molecule has 0 fully saturated rings. The van der Waals surface area contributed by atoms with E-state index in [0.29, 0.717) is 47.8 Å². The summed E-state index contributed by atoms with van der Waals surface area (Å²) in [6.07, 6.45) is 5.51. The van der Waals surface area contributed by atoms with Gasteiger partial charge in [-0.25, -0.2) is 0 Å². The molecule has 0 N–H and O–H groups in total. The monoisotopic (exact) mass is 428 g/mol. The van der Waals surface area contributed by atoms with Gasteiger partial charge in [-0.1, -0.05) is 46.4 Å². The number of hydrogen-bond donors (Lipinski definition) is 0. The third kappa shape index (κ3) is 10.2. The summed E-state index contributed by atoms with van der Waals surface area (Å²) in [6, 6.07) is 3.25. The molecular formula is C17H20Cl4O4. The van der Waals surface area contributed by atoms with Gasteiger partial charge in [0.1, 0.15) is 23.1 Å². The van der Waals surface area contributed by atoms with Crippen LogP contribution in [0.25, 0.3) is 0 Å². The van der Waals surface area contributed by atoms with Crippen LogP contribution in [0.1, 0.15) is 25.7 Å². The van der Waals surface area contributed by atoms with Crippen LogP contribution in [0.2, 0.25) is 10.0 Å². The Morgan fingerprint density at radius 3 is 2.28 bits per heavy atom. The van der Waals surface area contributed by atoms with Crippen molar-refractivity contribution in [3.8, 4) is 11.5 Å².